The third kappa shape index (κ3) is 1.28. The third-order valence-corrected chi connectivity index (χ3v) is 2.79. The van der Waals surface area contributed by atoms with Crippen molar-refractivity contribution in [1.82, 2.24) is 9.55 Å². The monoisotopic (exact) mass is 178 g/mol. The number of hydrogen-bond acceptors (Lipinski definition) is 2. The molecule has 0 aromatic carbocycles. The van der Waals surface area contributed by atoms with E-state index in [-0.39, 0.29) is 0 Å². The summed E-state index contributed by atoms with van der Waals surface area (Å²) in [7, 11) is 0. The predicted molar refractivity (Wildman–Crippen MR) is 49.8 cm³/mol. The van der Waals surface area contributed by atoms with Gasteiger partial charge in [-0.2, -0.15) is 0 Å². The van der Waals surface area contributed by atoms with Crippen LogP contribution in [0.2, 0.25) is 0 Å². The topological polar surface area (TPSA) is 34.9 Å². The number of nitrogens with zero attached hydrogens (tertiary/aromatic N) is 2. The molecule has 1 atom stereocenters. The van der Waals surface area contributed by atoms with Crippen molar-refractivity contribution in [2.45, 2.75) is 33.2 Å². The minimum atomic E-state index is 0.597. The standard InChI is InChI=1S/C10H14N2O/c1-7-3-4-12-9(5-7)8(2)11-10(12)6-13/h6-7H,3-5H2,1-2H3. The van der Waals surface area contributed by atoms with Crippen molar-refractivity contribution < 1.29 is 4.79 Å². The zero-order chi connectivity index (χ0) is 9.42. The van der Waals surface area contributed by atoms with Crippen LogP contribution in [0.5, 0.6) is 0 Å². The maximum absolute atomic E-state index is 10.7. The average molecular weight is 178 g/mol. The maximum Gasteiger partial charge on any atom is 0.185 e. The van der Waals surface area contributed by atoms with E-state index in [9.17, 15) is 4.79 Å². The van der Waals surface area contributed by atoms with E-state index in [0.29, 0.717) is 5.82 Å². The Morgan fingerprint density at radius 3 is 3.08 bits per heavy atom. The predicted octanol–water partition coefficient (Wildman–Crippen LogP) is 1.59. The molecule has 0 spiro atoms. The quantitative estimate of drug-likeness (QED) is 0.612. The van der Waals surface area contributed by atoms with Gasteiger partial charge in [0, 0.05) is 12.2 Å². The van der Waals surface area contributed by atoms with E-state index >= 15 is 0 Å². The molecular formula is C10H14N2O. The molecule has 0 saturated carbocycles. The van der Waals surface area contributed by atoms with Gasteiger partial charge in [-0.3, -0.25) is 4.79 Å². The van der Waals surface area contributed by atoms with Crippen LogP contribution in [0.15, 0.2) is 0 Å². The highest BCUT2D eigenvalue weighted by Gasteiger charge is 2.20. The Bertz CT molecular complexity index is 341. The first kappa shape index (κ1) is 8.48. The Morgan fingerprint density at radius 1 is 1.62 bits per heavy atom. The molecule has 0 fully saturated rings. The lowest BCUT2D eigenvalue weighted by atomic mass is 9.97. The van der Waals surface area contributed by atoms with Gasteiger partial charge in [0.2, 0.25) is 0 Å². The number of imidazole rings is 1. The molecule has 13 heavy (non-hydrogen) atoms. The fourth-order valence-corrected chi connectivity index (χ4v) is 2.01. The van der Waals surface area contributed by atoms with Crippen LogP contribution in [0.4, 0.5) is 0 Å². The fraction of sp³-hybridized carbons (Fsp3) is 0.600. The van der Waals surface area contributed by atoms with Gasteiger partial charge in [-0.1, -0.05) is 6.92 Å². The lowest BCUT2D eigenvalue weighted by Gasteiger charge is -2.21. The second-order valence-electron chi connectivity index (χ2n) is 3.87. The number of carbonyl (C=O) groups is 1. The van der Waals surface area contributed by atoms with E-state index in [1.54, 1.807) is 0 Å². The number of hydrogen-bond donors (Lipinski definition) is 0. The molecular weight excluding hydrogens is 164 g/mol. The van der Waals surface area contributed by atoms with E-state index < -0.39 is 0 Å². The molecule has 1 aliphatic rings. The molecule has 70 valence electrons. The average Bonchev–Trinajstić information content (AvgIpc) is 2.43. The van der Waals surface area contributed by atoms with Crippen LogP contribution in [0, 0.1) is 12.8 Å². The Morgan fingerprint density at radius 2 is 2.38 bits per heavy atom. The summed E-state index contributed by atoms with van der Waals surface area (Å²) in [5.41, 5.74) is 2.27. The molecule has 3 heteroatoms. The van der Waals surface area contributed by atoms with Crippen molar-refractivity contribution in [2.24, 2.45) is 5.92 Å². The SMILES string of the molecule is Cc1nc(C=O)n2c1CC(C)CC2. The lowest BCUT2D eigenvalue weighted by Crippen LogP contribution is -2.18. The first-order valence-corrected chi connectivity index (χ1v) is 4.73. The van der Waals surface area contributed by atoms with Crippen LogP contribution < -0.4 is 0 Å². The zero-order valence-corrected chi connectivity index (χ0v) is 8.08. The molecule has 2 heterocycles. The van der Waals surface area contributed by atoms with E-state index in [0.717, 1.165) is 37.3 Å². The number of aryl methyl sites for hydroxylation is 1. The molecule has 1 unspecified atom stereocenters. The summed E-state index contributed by atoms with van der Waals surface area (Å²) in [4.78, 5) is 14.9. The summed E-state index contributed by atoms with van der Waals surface area (Å²) in [6.07, 6.45) is 3.07. The lowest BCUT2D eigenvalue weighted by molar-refractivity contribution is 0.110. The van der Waals surface area contributed by atoms with Gasteiger partial charge in [-0.15, -0.1) is 0 Å². The Balaban J connectivity index is 2.47. The minimum Gasteiger partial charge on any atom is -0.326 e. The molecule has 0 aliphatic carbocycles. The van der Waals surface area contributed by atoms with E-state index in [2.05, 4.69) is 16.5 Å². The normalized spacial score (nSPS) is 21.2. The van der Waals surface area contributed by atoms with Crippen molar-refractivity contribution in [3.05, 3.63) is 17.2 Å². The summed E-state index contributed by atoms with van der Waals surface area (Å²) in [6, 6.07) is 0. The highest BCUT2D eigenvalue weighted by atomic mass is 16.1. The first-order valence-electron chi connectivity index (χ1n) is 4.73. The zero-order valence-electron chi connectivity index (χ0n) is 8.08. The van der Waals surface area contributed by atoms with Gasteiger partial charge in [-0.25, -0.2) is 4.98 Å². The summed E-state index contributed by atoms with van der Waals surface area (Å²) in [5, 5.41) is 0. The highest BCUT2D eigenvalue weighted by Crippen LogP contribution is 2.23. The summed E-state index contributed by atoms with van der Waals surface area (Å²) < 4.78 is 2.06. The van der Waals surface area contributed by atoms with Gasteiger partial charge in [0.1, 0.15) is 0 Å². The van der Waals surface area contributed by atoms with Gasteiger partial charge in [-0.05, 0) is 25.7 Å². The summed E-state index contributed by atoms with van der Waals surface area (Å²) in [6.45, 7) is 5.18. The second kappa shape index (κ2) is 2.98. The van der Waals surface area contributed by atoms with E-state index in [1.807, 2.05) is 6.92 Å². The van der Waals surface area contributed by atoms with Gasteiger partial charge in [0.15, 0.2) is 12.1 Å². The summed E-state index contributed by atoms with van der Waals surface area (Å²) in [5.74, 6) is 1.32. The molecule has 3 nitrogen and oxygen atoms in total. The third-order valence-electron chi connectivity index (χ3n) is 2.79. The van der Waals surface area contributed by atoms with Crippen molar-refractivity contribution in [2.75, 3.05) is 0 Å². The molecule has 0 amide bonds. The molecule has 0 saturated heterocycles. The van der Waals surface area contributed by atoms with E-state index in [4.69, 9.17) is 0 Å². The van der Waals surface area contributed by atoms with Crippen LogP contribution in [0.25, 0.3) is 0 Å². The van der Waals surface area contributed by atoms with Gasteiger partial charge in [0.25, 0.3) is 0 Å². The van der Waals surface area contributed by atoms with Crippen molar-refractivity contribution >= 4 is 6.29 Å². The summed E-state index contributed by atoms with van der Waals surface area (Å²) >= 11 is 0. The number of rotatable bonds is 1. The largest absolute Gasteiger partial charge is 0.326 e. The number of aromatic nitrogens is 2. The smallest absolute Gasteiger partial charge is 0.185 e. The highest BCUT2D eigenvalue weighted by molar-refractivity contribution is 5.70. The van der Waals surface area contributed by atoms with Gasteiger partial charge < -0.3 is 4.57 Å². The Labute approximate surface area is 77.8 Å². The van der Waals surface area contributed by atoms with Crippen LogP contribution in [-0.4, -0.2) is 15.8 Å². The van der Waals surface area contributed by atoms with Gasteiger partial charge in [0.05, 0.1) is 5.69 Å². The van der Waals surface area contributed by atoms with Crippen molar-refractivity contribution in [3.63, 3.8) is 0 Å². The van der Waals surface area contributed by atoms with Crippen LogP contribution >= 0.6 is 0 Å². The van der Waals surface area contributed by atoms with Crippen LogP contribution in [-0.2, 0) is 13.0 Å². The Kier molecular flexibility index (Phi) is 1.94. The minimum absolute atomic E-state index is 0.597. The maximum atomic E-state index is 10.7. The van der Waals surface area contributed by atoms with Crippen molar-refractivity contribution in [3.8, 4) is 0 Å². The molecule has 0 bridgehead atoms. The fourth-order valence-electron chi connectivity index (χ4n) is 2.01. The van der Waals surface area contributed by atoms with Crippen molar-refractivity contribution in [1.29, 1.82) is 0 Å². The van der Waals surface area contributed by atoms with E-state index in [1.165, 1.54) is 5.69 Å². The number of carbonyl (C=O) groups excluding carboxylic acids is 1. The molecule has 2 rings (SSSR count). The number of fused-ring (bicyclic) bond motifs is 1. The molecule has 0 N–H and O–H groups in total. The molecule has 0 radical (unpaired) electrons. The van der Waals surface area contributed by atoms with Crippen LogP contribution in [0.3, 0.4) is 0 Å². The molecule has 1 aromatic rings. The first-order chi connectivity index (χ1) is 6.22. The Hall–Kier alpha value is -1.12. The van der Waals surface area contributed by atoms with Crippen LogP contribution in [0.1, 0.15) is 35.4 Å². The molecule has 1 aromatic heterocycles. The second-order valence-corrected chi connectivity index (χ2v) is 3.87. The van der Waals surface area contributed by atoms with Gasteiger partial charge >= 0.3 is 0 Å². The molecule has 1 aliphatic heterocycles. The number of aldehydes is 1.